The molecule has 0 fully saturated rings. The maximum atomic E-state index is 12.4. The third-order valence-corrected chi connectivity index (χ3v) is 4.64. The number of fused-ring (bicyclic) bond motifs is 1. The van der Waals surface area contributed by atoms with Gasteiger partial charge in [-0.25, -0.2) is 0 Å². The molecular formula is C20H24N2O2. The Bertz CT molecular complexity index is 685. The number of carbonyl (C=O) groups is 1. The number of benzene rings is 1. The standard InChI is InChI=1S/C20H24N2O2/c23-14-15(11-19-7-3-4-10-21-19)13-22-20(24)18-9-8-16-5-1-2-6-17(16)12-18/h3-4,7-10,12,15,23H,1-2,5-6,11,13-14H2,(H,22,24). The molecule has 0 bridgehead atoms. The van der Waals surface area contributed by atoms with Crippen molar-refractivity contribution in [1.29, 1.82) is 0 Å². The van der Waals surface area contributed by atoms with Gasteiger partial charge in [0, 0.05) is 36.5 Å². The van der Waals surface area contributed by atoms with E-state index in [4.69, 9.17) is 0 Å². The van der Waals surface area contributed by atoms with E-state index in [0.29, 0.717) is 18.5 Å². The van der Waals surface area contributed by atoms with E-state index in [2.05, 4.69) is 16.4 Å². The molecule has 0 radical (unpaired) electrons. The van der Waals surface area contributed by atoms with Crippen LogP contribution < -0.4 is 5.32 Å². The summed E-state index contributed by atoms with van der Waals surface area (Å²) in [5, 5.41) is 12.5. The van der Waals surface area contributed by atoms with Crippen molar-refractivity contribution in [1.82, 2.24) is 10.3 Å². The summed E-state index contributed by atoms with van der Waals surface area (Å²) in [5.41, 5.74) is 4.33. The molecule has 1 atom stereocenters. The molecule has 2 aromatic rings. The Labute approximate surface area is 142 Å². The smallest absolute Gasteiger partial charge is 0.251 e. The van der Waals surface area contributed by atoms with Gasteiger partial charge >= 0.3 is 0 Å². The average Bonchev–Trinajstić information content (AvgIpc) is 2.65. The fraction of sp³-hybridized carbons (Fsp3) is 0.400. The Morgan fingerprint density at radius 1 is 1.17 bits per heavy atom. The van der Waals surface area contributed by atoms with Gasteiger partial charge in [0.2, 0.25) is 0 Å². The Morgan fingerprint density at radius 3 is 2.75 bits per heavy atom. The first kappa shape index (κ1) is 16.7. The number of nitrogens with one attached hydrogen (secondary N) is 1. The van der Waals surface area contributed by atoms with Gasteiger partial charge in [0.15, 0.2) is 0 Å². The minimum atomic E-state index is -0.0668. The summed E-state index contributed by atoms with van der Waals surface area (Å²) >= 11 is 0. The molecule has 1 amide bonds. The van der Waals surface area contributed by atoms with Crippen molar-refractivity contribution in [2.75, 3.05) is 13.2 Å². The molecule has 0 spiro atoms. The van der Waals surface area contributed by atoms with E-state index < -0.39 is 0 Å². The van der Waals surface area contributed by atoms with Crippen molar-refractivity contribution in [2.45, 2.75) is 32.1 Å². The number of pyridine rings is 1. The second kappa shape index (κ2) is 8.06. The molecule has 1 heterocycles. The number of aliphatic hydroxyl groups is 1. The third-order valence-electron chi connectivity index (χ3n) is 4.64. The Kier molecular flexibility index (Phi) is 5.59. The number of rotatable bonds is 6. The maximum absolute atomic E-state index is 12.4. The largest absolute Gasteiger partial charge is 0.396 e. The van der Waals surface area contributed by atoms with Crippen molar-refractivity contribution >= 4 is 5.91 Å². The van der Waals surface area contributed by atoms with Crippen LogP contribution in [-0.4, -0.2) is 29.1 Å². The van der Waals surface area contributed by atoms with Crippen LogP contribution in [0.3, 0.4) is 0 Å². The van der Waals surface area contributed by atoms with E-state index in [1.807, 2.05) is 30.3 Å². The lowest BCUT2D eigenvalue weighted by molar-refractivity contribution is 0.0939. The van der Waals surface area contributed by atoms with E-state index in [9.17, 15) is 9.90 Å². The zero-order valence-electron chi connectivity index (χ0n) is 13.9. The van der Waals surface area contributed by atoms with E-state index in [1.165, 1.54) is 24.0 Å². The van der Waals surface area contributed by atoms with Crippen LogP contribution in [0, 0.1) is 5.92 Å². The number of hydrogen-bond acceptors (Lipinski definition) is 3. The van der Waals surface area contributed by atoms with Crippen molar-refractivity contribution in [2.24, 2.45) is 5.92 Å². The van der Waals surface area contributed by atoms with Gasteiger partial charge in [-0.1, -0.05) is 12.1 Å². The summed E-state index contributed by atoms with van der Waals surface area (Å²) in [6.45, 7) is 0.476. The quantitative estimate of drug-likeness (QED) is 0.858. The van der Waals surface area contributed by atoms with E-state index in [-0.39, 0.29) is 18.4 Å². The molecule has 24 heavy (non-hydrogen) atoms. The fourth-order valence-corrected chi connectivity index (χ4v) is 3.23. The second-order valence-corrected chi connectivity index (χ2v) is 6.47. The Balaban J connectivity index is 1.58. The zero-order chi connectivity index (χ0) is 16.8. The minimum absolute atomic E-state index is 0.0264. The van der Waals surface area contributed by atoms with Crippen LogP contribution >= 0.6 is 0 Å². The molecule has 4 nitrogen and oxygen atoms in total. The van der Waals surface area contributed by atoms with Crippen LogP contribution in [0.1, 0.15) is 40.0 Å². The molecular weight excluding hydrogens is 300 g/mol. The number of carbonyl (C=O) groups excluding carboxylic acids is 1. The van der Waals surface area contributed by atoms with Crippen molar-refractivity contribution in [3.05, 3.63) is 65.0 Å². The van der Waals surface area contributed by atoms with E-state index in [0.717, 1.165) is 18.5 Å². The van der Waals surface area contributed by atoms with Crippen LogP contribution in [-0.2, 0) is 19.3 Å². The Hall–Kier alpha value is -2.20. The summed E-state index contributed by atoms with van der Waals surface area (Å²) in [6, 6.07) is 11.8. The molecule has 0 saturated heterocycles. The van der Waals surface area contributed by atoms with Crippen LogP contribution in [0.5, 0.6) is 0 Å². The second-order valence-electron chi connectivity index (χ2n) is 6.47. The van der Waals surface area contributed by atoms with Gasteiger partial charge < -0.3 is 10.4 Å². The fourth-order valence-electron chi connectivity index (χ4n) is 3.23. The average molecular weight is 324 g/mol. The number of aryl methyl sites for hydroxylation is 2. The van der Waals surface area contributed by atoms with Gasteiger partial charge in [0.05, 0.1) is 0 Å². The van der Waals surface area contributed by atoms with Crippen molar-refractivity contribution < 1.29 is 9.90 Å². The predicted octanol–water partition coefficient (Wildman–Crippen LogP) is 2.54. The Morgan fingerprint density at radius 2 is 2.00 bits per heavy atom. The molecule has 1 aromatic carbocycles. The number of amides is 1. The first-order chi connectivity index (χ1) is 11.8. The molecule has 0 saturated carbocycles. The van der Waals surface area contributed by atoms with Crippen molar-refractivity contribution in [3.8, 4) is 0 Å². The molecule has 0 aliphatic heterocycles. The van der Waals surface area contributed by atoms with Crippen molar-refractivity contribution in [3.63, 3.8) is 0 Å². The molecule has 3 rings (SSSR count). The predicted molar refractivity (Wildman–Crippen MR) is 93.9 cm³/mol. The number of nitrogens with zero attached hydrogens (tertiary/aromatic N) is 1. The number of aliphatic hydroxyl groups excluding tert-OH is 1. The third kappa shape index (κ3) is 4.20. The molecule has 4 heteroatoms. The summed E-state index contributed by atoms with van der Waals surface area (Å²) in [5.74, 6) is -0.0932. The van der Waals surface area contributed by atoms with E-state index in [1.54, 1.807) is 6.20 Å². The van der Waals surface area contributed by atoms with Gasteiger partial charge in [-0.15, -0.1) is 0 Å². The first-order valence-corrected chi connectivity index (χ1v) is 8.67. The topological polar surface area (TPSA) is 62.2 Å². The van der Waals surface area contributed by atoms with E-state index >= 15 is 0 Å². The lowest BCUT2D eigenvalue weighted by atomic mass is 9.90. The highest BCUT2D eigenvalue weighted by Crippen LogP contribution is 2.22. The van der Waals surface area contributed by atoms with Crippen LogP contribution in [0.2, 0.25) is 0 Å². The van der Waals surface area contributed by atoms with Gasteiger partial charge in [-0.2, -0.15) is 0 Å². The number of hydrogen-bond donors (Lipinski definition) is 2. The molecule has 1 aliphatic rings. The molecule has 126 valence electrons. The highest BCUT2D eigenvalue weighted by molar-refractivity contribution is 5.94. The molecule has 1 aliphatic carbocycles. The summed E-state index contributed by atoms with van der Waals surface area (Å²) < 4.78 is 0. The van der Waals surface area contributed by atoms with Gasteiger partial charge in [0.25, 0.3) is 5.91 Å². The zero-order valence-corrected chi connectivity index (χ0v) is 13.9. The molecule has 1 unspecified atom stereocenters. The minimum Gasteiger partial charge on any atom is -0.396 e. The SMILES string of the molecule is O=C(NCC(CO)Cc1ccccn1)c1ccc2c(c1)CCCC2. The van der Waals surface area contributed by atoms with Gasteiger partial charge in [-0.3, -0.25) is 9.78 Å². The molecule has 2 N–H and O–H groups in total. The molecule has 1 aromatic heterocycles. The lowest BCUT2D eigenvalue weighted by Crippen LogP contribution is -2.32. The van der Waals surface area contributed by atoms with Crippen LogP contribution in [0.4, 0.5) is 0 Å². The highest BCUT2D eigenvalue weighted by Gasteiger charge is 2.15. The van der Waals surface area contributed by atoms with Gasteiger partial charge in [0.1, 0.15) is 0 Å². The van der Waals surface area contributed by atoms with Gasteiger partial charge in [-0.05, 0) is 67.5 Å². The van der Waals surface area contributed by atoms with Crippen LogP contribution in [0.15, 0.2) is 42.6 Å². The summed E-state index contributed by atoms with van der Waals surface area (Å²) in [4.78, 5) is 16.7. The summed E-state index contributed by atoms with van der Waals surface area (Å²) in [7, 11) is 0. The first-order valence-electron chi connectivity index (χ1n) is 8.67. The van der Waals surface area contributed by atoms with Crippen LogP contribution in [0.25, 0.3) is 0 Å². The highest BCUT2D eigenvalue weighted by atomic mass is 16.3. The maximum Gasteiger partial charge on any atom is 0.251 e. The number of aromatic nitrogens is 1. The summed E-state index contributed by atoms with van der Waals surface area (Å²) in [6.07, 6.45) is 7.03. The monoisotopic (exact) mass is 324 g/mol. The normalized spacial score (nSPS) is 14.7. The lowest BCUT2D eigenvalue weighted by Gasteiger charge is -2.17.